The van der Waals surface area contributed by atoms with Crippen LogP contribution in [0.5, 0.6) is 5.75 Å². The largest absolute Gasteiger partial charge is 0.497 e. The average Bonchev–Trinajstić information content (AvgIpc) is 2.41. The van der Waals surface area contributed by atoms with Gasteiger partial charge in [0.05, 0.1) is 23.2 Å². The minimum Gasteiger partial charge on any atom is -0.497 e. The summed E-state index contributed by atoms with van der Waals surface area (Å²) in [5, 5.41) is 10.4. The molecule has 0 amide bonds. The van der Waals surface area contributed by atoms with Crippen LogP contribution in [0, 0.1) is 6.92 Å². The number of fused-ring (bicyclic) bond motifs is 2. The van der Waals surface area contributed by atoms with E-state index < -0.39 is 25.9 Å². The first kappa shape index (κ1) is 14.9. The number of aryl methyl sites for hydroxylation is 1. The zero-order valence-electron chi connectivity index (χ0n) is 12.5. The molecular weight excluding hydrogens is 288 g/mol. The van der Waals surface area contributed by atoms with Crippen molar-refractivity contribution >= 4 is 9.84 Å². The van der Waals surface area contributed by atoms with E-state index in [0.29, 0.717) is 31.4 Å². The van der Waals surface area contributed by atoms with E-state index in [4.69, 9.17) is 4.74 Å². The summed E-state index contributed by atoms with van der Waals surface area (Å²) in [5.41, 5.74) is 0.740. The SMILES string of the molecule is COc1ccc(C)c(C2(O)CC3CCCC(C2)S3(=O)=O)c1. The molecule has 0 aromatic heterocycles. The van der Waals surface area contributed by atoms with Crippen LogP contribution in [0.2, 0.25) is 0 Å². The molecule has 2 bridgehead atoms. The van der Waals surface area contributed by atoms with Crippen molar-refractivity contribution in [2.24, 2.45) is 0 Å². The van der Waals surface area contributed by atoms with Gasteiger partial charge in [-0.2, -0.15) is 0 Å². The summed E-state index contributed by atoms with van der Waals surface area (Å²) in [7, 11) is -1.47. The molecule has 2 aliphatic heterocycles. The molecular formula is C16H22O4S. The Morgan fingerprint density at radius 3 is 2.43 bits per heavy atom. The number of methoxy groups -OCH3 is 1. The van der Waals surface area contributed by atoms with Crippen LogP contribution in [0.4, 0.5) is 0 Å². The number of hydrogen-bond acceptors (Lipinski definition) is 4. The third-order valence-electron chi connectivity index (χ3n) is 5.06. The monoisotopic (exact) mass is 310 g/mol. The molecule has 2 fully saturated rings. The lowest BCUT2D eigenvalue weighted by Gasteiger charge is -2.44. The Morgan fingerprint density at radius 2 is 1.86 bits per heavy atom. The van der Waals surface area contributed by atoms with Gasteiger partial charge < -0.3 is 9.84 Å². The van der Waals surface area contributed by atoms with Gasteiger partial charge in [0.1, 0.15) is 5.75 Å². The summed E-state index contributed by atoms with van der Waals surface area (Å²) < 4.78 is 30.0. The van der Waals surface area contributed by atoms with E-state index in [1.807, 2.05) is 25.1 Å². The Labute approximate surface area is 126 Å². The molecule has 2 aliphatic rings. The molecule has 0 radical (unpaired) electrons. The van der Waals surface area contributed by atoms with Gasteiger partial charge in [-0.1, -0.05) is 12.5 Å². The number of aliphatic hydroxyl groups is 1. The molecule has 0 aliphatic carbocycles. The van der Waals surface area contributed by atoms with Crippen LogP contribution in [-0.2, 0) is 15.4 Å². The number of ether oxygens (including phenoxy) is 1. The van der Waals surface area contributed by atoms with Crippen molar-refractivity contribution in [3.05, 3.63) is 29.3 Å². The van der Waals surface area contributed by atoms with Crippen molar-refractivity contribution < 1.29 is 18.3 Å². The van der Waals surface area contributed by atoms with Crippen LogP contribution in [-0.4, -0.2) is 31.1 Å². The molecule has 2 unspecified atom stereocenters. The molecule has 1 N–H and O–H groups in total. The number of rotatable bonds is 2. The van der Waals surface area contributed by atoms with E-state index in [1.165, 1.54) is 0 Å². The lowest BCUT2D eigenvalue weighted by molar-refractivity contribution is 0.00428. The highest BCUT2D eigenvalue weighted by molar-refractivity contribution is 7.92. The van der Waals surface area contributed by atoms with Gasteiger partial charge in [0, 0.05) is 0 Å². The fraction of sp³-hybridized carbons (Fsp3) is 0.625. The van der Waals surface area contributed by atoms with Crippen molar-refractivity contribution in [1.82, 2.24) is 0 Å². The molecule has 1 aromatic rings. The highest BCUT2D eigenvalue weighted by Crippen LogP contribution is 2.47. The maximum atomic E-state index is 12.4. The second kappa shape index (κ2) is 4.99. The van der Waals surface area contributed by atoms with Gasteiger partial charge in [-0.15, -0.1) is 0 Å². The van der Waals surface area contributed by atoms with Crippen molar-refractivity contribution in [2.45, 2.75) is 55.1 Å². The Bertz CT molecular complexity index is 630. The Morgan fingerprint density at radius 1 is 1.24 bits per heavy atom. The Kier molecular flexibility index (Phi) is 3.53. The Balaban J connectivity index is 2.03. The van der Waals surface area contributed by atoms with Crippen LogP contribution < -0.4 is 4.74 Å². The number of sulfone groups is 1. The van der Waals surface area contributed by atoms with E-state index >= 15 is 0 Å². The smallest absolute Gasteiger partial charge is 0.156 e. The zero-order valence-corrected chi connectivity index (χ0v) is 13.3. The quantitative estimate of drug-likeness (QED) is 0.910. The van der Waals surface area contributed by atoms with E-state index in [0.717, 1.165) is 17.5 Å². The fourth-order valence-corrected chi connectivity index (χ4v) is 6.45. The molecule has 0 saturated carbocycles. The lowest BCUT2D eigenvalue weighted by Crippen LogP contribution is -2.50. The van der Waals surface area contributed by atoms with Gasteiger partial charge in [-0.25, -0.2) is 8.42 Å². The molecule has 2 atom stereocenters. The maximum Gasteiger partial charge on any atom is 0.156 e. The molecule has 0 spiro atoms. The Hall–Kier alpha value is -1.07. The minimum atomic E-state index is -3.06. The summed E-state index contributed by atoms with van der Waals surface area (Å²) in [6.07, 6.45) is 2.90. The van der Waals surface area contributed by atoms with Crippen molar-refractivity contribution in [2.75, 3.05) is 7.11 Å². The summed E-state index contributed by atoms with van der Waals surface area (Å²) in [6, 6.07) is 5.64. The first-order chi connectivity index (χ1) is 9.87. The maximum absolute atomic E-state index is 12.4. The van der Waals surface area contributed by atoms with E-state index in [-0.39, 0.29) is 0 Å². The van der Waals surface area contributed by atoms with E-state index in [9.17, 15) is 13.5 Å². The molecule has 21 heavy (non-hydrogen) atoms. The molecule has 5 heteroatoms. The highest BCUT2D eigenvalue weighted by atomic mass is 32.2. The average molecular weight is 310 g/mol. The molecule has 2 heterocycles. The second-order valence-corrected chi connectivity index (χ2v) is 8.90. The summed E-state index contributed by atoms with van der Waals surface area (Å²) in [4.78, 5) is 0. The predicted octanol–water partition coefficient (Wildman–Crippen LogP) is 2.32. The van der Waals surface area contributed by atoms with Gasteiger partial charge in [-0.05, 0) is 55.9 Å². The predicted molar refractivity (Wildman–Crippen MR) is 81.2 cm³/mol. The number of hydrogen-bond donors (Lipinski definition) is 1. The van der Waals surface area contributed by atoms with Gasteiger partial charge in [0.2, 0.25) is 0 Å². The first-order valence-electron chi connectivity index (χ1n) is 7.47. The minimum absolute atomic E-state index is 0.305. The van der Waals surface area contributed by atoms with E-state index in [1.54, 1.807) is 7.11 Å². The van der Waals surface area contributed by atoms with Crippen molar-refractivity contribution in [3.63, 3.8) is 0 Å². The van der Waals surface area contributed by atoms with Crippen molar-refractivity contribution in [3.8, 4) is 5.75 Å². The summed E-state index contributed by atoms with van der Waals surface area (Å²) >= 11 is 0. The summed E-state index contributed by atoms with van der Waals surface area (Å²) in [5.74, 6) is 0.697. The molecule has 116 valence electrons. The number of benzene rings is 1. The van der Waals surface area contributed by atoms with Crippen LogP contribution in [0.15, 0.2) is 18.2 Å². The summed E-state index contributed by atoms with van der Waals surface area (Å²) in [6.45, 7) is 1.95. The normalized spacial score (nSPS) is 34.4. The lowest BCUT2D eigenvalue weighted by atomic mass is 9.79. The van der Waals surface area contributed by atoms with Gasteiger partial charge in [-0.3, -0.25) is 0 Å². The highest BCUT2D eigenvalue weighted by Gasteiger charge is 2.51. The van der Waals surface area contributed by atoms with Crippen LogP contribution in [0.1, 0.15) is 43.2 Å². The molecule has 4 nitrogen and oxygen atoms in total. The van der Waals surface area contributed by atoms with Crippen LogP contribution in [0.25, 0.3) is 0 Å². The third-order valence-corrected chi connectivity index (χ3v) is 7.72. The van der Waals surface area contributed by atoms with Crippen LogP contribution in [0.3, 0.4) is 0 Å². The third kappa shape index (κ3) is 2.36. The van der Waals surface area contributed by atoms with Gasteiger partial charge >= 0.3 is 0 Å². The zero-order chi connectivity index (χ0) is 15.3. The molecule has 2 saturated heterocycles. The topological polar surface area (TPSA) is 63.6 Å². The second-order valence-electron chi connectivity index (χ2n) is 6.38. The van der Waals surface area contributed by atoms with Gasteiger partial charge in [0.15, 0.2) is 9.84 Å². The molecule has 3 rings (SSSR count). The van der Waals surface area contributed by atoms with Crippen molar-refractivity contribution in [1.29, 1.82) is 0 Å². The molecule has 1 aromatic carbocycles. The van der Waals surface area contributed by atoms with Gasteiger partial charge in [0.25, 0.3) is 0 Å². The van der Waals surface area contributed by atoms with Crippen LogP contribution >= 0.6 is 0 Å². The van der Waals surface area contributed by atoms with E-state index in [2.05, 4.69) is 0 Å². The standard InChI is InChI=1S/C16H22O4S/c1-11-6-7-12(20-2)8-15(11)16(17)9-13-4-3-5-14(10-16)21(13,18)19/h6-8,13-14,17H,3-5,9-10H2,1-2H3. The first-order valence-corrected chi connectivity index (χ1v) is 9.08. The fourth-order valence-electron chi connectivity index (χ4n) is 3.90.